The van der Waals surface area contributed by atoms with E-state index in [9.17, 15) is 14.4 Å². The smallest absolute Gasteiger partial charge is 0.254 e. The van der Waals surface area contributed by atoms with Crippen LogP contribution >= 0.6 is 0 Å². The lowest BCUT2D eigenvalue weighted by Crippen LogP contribution is -2.28. The molecular formula is C12H16N2O3. The maximum atomic E-state index is 11.4. The van der Waals surface area contributed by atoms with Crippen LogP contribution < -0.4 is 11.1 Å². The predicted octanol–water partition coefficient (Wildman–Crippen LogP) is 0.251. The molecule has 0 radical (unpaired) electrons. The monoisotopic (exact) mass is 236 g/mol. The van der Waals surface area contributed by atoms with Gasteiger partial charge in [0.05, 0.1) is 0 Å². The molecule has 2 aliphatic rings. The number of imide groups is 1. The van der Waals surface area contributed by atoms with Crippen LogP contribution in [0.3, 0.4) is 0 Å². The first-order valence-electron chi connectivity index (χ1n) is 5.91. The van der Waals surface area contributed by atoms with Crippen LogP contribution in [0, 0.1) is 11.8 Å². The third kappa shape index (κ3) is 2.72. The van der Waals surface area contributed by atoms with Gasteiger partial charge in [-0.05, 0) is 38.0 Å². The first-order valence-corrected chi connectivity index (χ1v) is 5.91. The van der Waals surface area contributed by atoms with Gasteiger partial charge in [-0.2, -0.15) is 0 Å². The minimum atomic E-state index is -0.323. The highest BCUT2D eigenvalue weighted by molar-refractivity contribution is 6.16. The average Bonchev–Trinajstić information content (AvgIpc) is 2.58. The quantitative estimate of drug-likeness (QED) is 0.688. The molecule has 0 unspecified atom stereocenters. The normalized spacial score (nSPS) is 28.8. The summed E-state index contributed by atoms with van der Waals surface area (Å²) in [5.74, 6) is -0.452. The Labute approximate surface area is 99.4 Å². The van der Waals surface area contributed by atoms with Crippen LogP contribution in [0.2, 0.25) is 0 Å². The number of nitrogens with one attached hydrogen (secondary N) is 1. The lowest BCUT2D eigenvalue weighted by atomic mass is 9.79. The molecule has 1 saturated carbocycles. The van der Waals surface area contributed by atoms with Crippen LogP contribution in [0.1, 0.15) is 32.1 Å². The average molecular weight is 236 g/mol. The van der Waals surface area contributed by atoms with Gasteiger partial charge in [-0.25, -0.2) is 0 Å². The van der Waals surface area contributed by atoms with Gasteiger partial charge in [0.2, 0.25) is 5.91 Å². The second-order valence-electron chi connectivity index (χ2n) is 4.81. The van der Waals surface area contributed by atoms with Crippen molar-refractivity contribution in [3.63, 3.8) is 0 Å². The number of amides is 3. The first-order chi connectivity index (χ1) is 8.06. The predicted molar refractivity (Wildman–Crippen MR) is 60.5 cm³/mol. The van der Waals surface area contributed by atoms with E-state index in [1.807, 2.05) is 0 Å². The minimum Gasteiger partial charge on any atom is -0.369 e. The van der Waals surface area contributed by atoms with Crippen molar-refractivity contribution in [2.75, 3.05) is 0 Å². The van der Waals surface area contributed by atoms with E-state index in [-0.39, 0.29) is 23.6 Å². The molecule has 17 heavy (non-hydrogen) atoms. The van der Waals surface area contributed by atoms with Crippen molar-refractivity contribution in [3.8, 4) is 0 Å². The molecule has 92 valence electrons. The van der Waals surface area contributed by atoms with Gasteiger partial charge in [0.15, 0.2) is 0 Å². The molecule has 1 aliphatic heterocycles. The summed E-state index contributed by atoms with van der Waals surface area (Å²) in [7, 11) is 0. The van der Waals surface area contributed by atoms with Gasteiger partial charge in [-0.1, -0.05) is 0 Å². The SMILES string of the molecule is NC(=O)C1CCC(CC2=CC(=O)NC2=O)CC1. The maximum absolute atomic E-state index is 11.4. The molecule has 0 atom stereocenters. The van der Waals surface area contributed by atoms with Crippen LogP contribution in [-0.4, -0.2) is 17.7 Å². The van der Waals surface area contributed by atoms with E-state index in [0.29, 0.717) is 17.9 Å². The van der Waals surface area contributed by atoms with E-state index in [1.165, 1.54) is 6.08 Å². The Hall–Kier alpha value is -1.65. The highest BCUT2D eigenvalue weighted by atomic mass is 16.2. The number of carbonyl (C=O) groups excluding carboxylic acids is 3. The Kier molecular flexibility index (Phi) is 3.26. The van der Waals surface area contributed by atoms with Crippen LogP contribution in [0.5, 0.6) is 0 Å². The molecule has 3 N–H and O–H groups in total. The summed E-state index contributed by atoms with van der Waals surface area (Å²) in [5, 5.41) is 2.24. The summed E-state index contributed by atoms with van der Waals surface area (Å²) in [6.07, 6.45) is 5.39. The van der Waals surface area contributed by atoms with E-state index in [0.717, 1.165) is 25.7 Å². The lowest BCUT2D eigenvalue weighted by molar-refractivity contribution is -0.125. The number of rotatable bonds is 3. The Morgan fingerprint density at radius 2 is 1.94 bits per heavy atom. The maximum Gasteiger partial charge on any atom is 0.254 e. The number of nitrogens with two attached hydrogens (primary N) is 1. The first kappa shape index (κ1) is 11.8. The largest absolute Gasteiger partial charge is 0.369 e. The minimum absolute atomic E-state index is 0.0146. The Morgan fingerprint density at radius 3 is 2.41 bits per heavy atom. The number of hydrogen-bond acceptors (Lipinski definition) is 3. The van der Waals surface area contributed by atoms with Crippen molar-refractivity contribution >= 4 is 17.7 Å². The Morgan fingerprint density at radius 1 is 1.29 bits per heavy atom. The fourth-order valence-corrected chi connectivity index (χ4v) is 2.57. The molecule has 2 rings (SSSR count). The standard InChI is InChI=1S/C12H16N2O3/c13-11(16)8-3-1-7(2-4-8)5-9-6-10(15)14-12(9)17/h6-8H,1-5H2,(H2,13,16)(H,14,15,17). The van der Waals surface area contributed by atoms with Gasteiger partial charge in [-0.15, -0.1) is 0 Å². The second-order valence-corrected chi connectivity index (χ2v) is 4.81. The summed E-state index contributed by atoms with van der Waals surface area (Å²) in [6, 6.07) is 0. The molecule has 1 fully saturated rings. The van der Waals surface area contributed by atoms with Crippen LogP contribution in [-0.2, 0) is 14.4 Å². The molecule has 1 aliphatic carbocycles. The van der Waals surface area contributed by atoms with Crippen molar-refractivity contribution in [1.82, 2.24) is 5.32 Å². The van der Waals surface area contributed by atoms with Crippen LogP contribution in [0.25, 0.3) is 0 Å². The van der Waals surface area contributed by atoms with Gasteiger partial charge >= 0.3 is 0 Å². The fraction of sp³-hybridized carbons (Fsp3) is 0.583. The number of hydrogen-bond donors (Lipinski definition) is 2. The number of carbonyl (C=O) groups is 3. The summed E-state index contributed by atoms with van der Waals surface area (Å²) in [6.45, 7) is 0. The third-order valence-electron chi connectivity index (χ3n) is 3.59. The van der Waals surface area contributed by atoms with Gasteiger partial charge < -0.3 is 5.73 Å². The summed E-state index contributed by atoms with van der Waals surface area (Å²) < 4.78 is 0. The zero-order valence-electron chi connectivity index (χ0n) is 9.57. The molecule has 0 bridgehead atoms. The highest BCUT2D eigenvalue weighted by Crippen LogP contribution is 2.32. The van der Waals surface area contributed by atoms with E-state index in [1.54, 1.807) is 0 Å². The van der Waals surface area contributed by atoms with Crippen molar-refractivity contribution in [2.24, 2.45) is 17.6 Å². The van der Waals surface area contributed by atoms with Crippen molar-refractivity contribution in [2.45, 2.75) is 32.1 Å². The molecule has 0 spiro atoms. The summed E-state index contributed by atoms with van der Waals surface area (Å²) in [4.78, 5) is 33.3. The lowest BCUT2D eigenvalue weighted by Gasteiger charge is -2.26. The number of primary amides is 1. The molecule has 3 amide bonds. The topological polar surface area (TPSA) is 89.3 Å². The molecule has 0 saturated heterocycles. The zero-order valence-corrected chi connectivity index (χ0v) is 9.57. The molecule has 1 heterocycles. The Balaban J connectivity index is 1.86. The molecule has 5 heteroatoms. The van der Waals surface area contributed by atoms with E-state index in [2.05, 4.69) is 5.32 Å². The van der Waals surface area contributed by atoms with Crippen molar-refractivity contribution in [3.05, 3.63) is 11.6 Å². The van der Waals surface area contributed by atoms with Crippen molar-refractivity contribution < 1.29 is 14.4 Å². The molecule has 0 aromatic rings. The summed E-state index contributed by atoms with van der Waals surface area (Å²) >= 11 is 0. The van der Waals surface area contributed by atoms with Crippen LogP contribution in [0.15, 0.2) is 11.6 Å². The van der Waals surface area contributed by atoms with E-state index in [4.69, 9.17) is 5.73 Å². The second kappa shape index (κ2) is 4.69. The molecular weight excluding hydrogens is 220 g/mol. The van der Waals surface area contributed by atoms with Gasteiger partial charge in [-0.3, -0.25) is 19.7 Å². The van der Waals surface area contributed by atoms with Crippen molar-refractivity contribution in [1.29, 1.82) is 0 Å². The van der Waals surface area contributed by atoms with E-state index < -0.39 is 0 Å². The third-order valence-corrected chi connectivity index (χ3v) is 3.59. The van der Waals surface area contributed by atoms with Gasteiger partial charge in [0.1, 0.15) is 0 Å². The molecule has 5 nitrogen and oxygen atoms in total. The molecule has 0 aromatic carbocycles. The summed E-state index contributed by atoms with van der Waals surface area (Å²) in [5.41, 5.74) is 5.82. The van der Waals surface area contributed by atoms with Gasteiger partial charge in [0.25, 0.3) is 11.8 Å². The van der Waals surface area contributed by atoms with Crippen LogP contribution in [0.4, 0.5) is 0 Å². The zero-order chi connectivity index (χ0) is 12.4. The highest BCUT2D eigenvalue weighted by Gasteiger charge is 2.28. The fourth-order valence-electron chi connectivity index (χ4n) is 2.57. The Bertz CT molecular complexity index is 393. The van der Waals surface area contributed by atoms with E-state index >= 15 is 0 Å². The van der Waals surface area contributed by atoms with Gasteiger partial charge in [0, 0.05) is 17.6 Å². The molecule has 0 aromatic heterocycles.